The molecule has 2 atom stereocenters. The summed E-state index contributed by atoms with van der Waals surface area (Å²) in [6, 6.07) is -0.412. The van der Waals surface area contributed by atoms with E-state index in [1.54, 1.807) is 6.92 Å². The molecule has 0 aliphatic carbocycles. The summed E-state index contributed by atoms with van der Waals surface area (Å²) in [5.74, 6) is -0.210. The minimum Gasteiger partial charge on any atom is -0.370 e. The average Bonchev–Trinajstić information content (AvgIpc) is 2.67. The van der Waals surface area contributed by atoms with E-state index in [1.807, 2.05) is 0 Å². The lowest BCUT2D eigenvalue weighted by molar-refractivity contribution is -0.175. The van der Waals surface area contributed by atoms with E-state index in [1.165, 1.54) is 0 Å². The van der Waals surface area contributed by atoms with Crippen LogP contribution in [0.3, 0.4) is 0 Å². The predicted molar refractivity (Wildman–Crippen MR) is 55.5 cm³/mol. The second-order valence-corrected chi connectivity index (χ2v) is 4.23. The number of nitrogens with one attached hydrogen (secondary N) is 2. The van der Waals surface area contributed by atoms with Gasteiger partial charge < -0.3 is 15.4 Å². The Balaban J connectivity index is 2.15. The molecule has 1 amide bonds. The van der Waals surface area contributed by atoms with Gasteiger partial charge in [-0.25, -0.2) is 0 Å². The average molecular weight is 254 g/mol. The van der Waals surface area contributed by atoms with Gasteiger partial charge in [0.25, 0.3) is 0 Å². The molecule has 0 unspecified atom stereocenters. The van der Waals surface area contributed by atoms with Crippen molar-refractivity contribution in [2.75, 3.05) is 26.3 Å². The number of rotatable bonds is 5. The molecule has 0 bridgehead atoms. The Morgan fingerprint density at radius 2 is 2.29 bits per heavy atom. The van der Waals surface area contributed by atoms with Gasteiger partial charge in [0.05, 0.1) is 12.5 Å². The van der Waals surface area contributed by atoms with Crippen molar-refractivity contribution >= 4 is 5.91 Å². The standard InChI is InChI=1S/C10H17F3N2O2/c1-7(5-17-6-10(11,12)13)15-9(16)8-2-3-14-4-8/h7-8,14H,2-6H2,1H3,(H,15,16)/t7-,8-/m0/s1. The number of carbonyl (C=O) groups excluding carboxylic acids is 1. The Morgan fingerprint density at radius 1 is 1.59 bits per heavy atom. The monoisotopic (exact) mass is 254 g/mol. The maximum atomic E-state index is 11.8. The SMILES string of the molecule is C[C@@H](COCC(F)(F)F)NC(=O)[C@H]1CCNC1. The predicted octanol–water partition coefficient (Wildman–Crippen LogP) is 0.679. The van der Waals surface area contributed by atoms with E-state index in [-0.39, 0.29) is 18.4 Å². The highest BCUT2D eigenvalue weighted by Gasteiger charge is 2.28. The van der Waals surface area contributed by atoms with E-state index < -0.39 is 18.8 Å². The molecule has 0 radical (unpaired) electrons. The lowest BCUT2D eigenvalue weighted by atomic mass is 10.1. The lowest BCUT2D eigenvalue weighted by Gasteiger charge is -2.17. The first-order chi connectivity index (χ1) is 7.88. The minimum atomic E-state index is -4.32. The van der Waals surface area contributed by atoms with Gasteiger partial charge in [-0.1, -0.05) is 0 Å². The topological polar surface area (TPSA) is 50.4 Å². The zero-order chi connectivity index (χ0) is 12.9. The van der Waals surface area contributed by atoms with E-state index in [0.717, 1.165) is 13.0 Å². The van der Waals surface area contributed by atoms with Gasteiger partial charge in [0.2, 0.25) is 5.91 Å². The molecule has 1 fully saturated rings. The molecule has 100 valence electrons. The molecule has 0 aromatic rings. The van der Waals surface area contributed by atoms with E-state index in [4.69, 9.17) is 0 Å². The molecule has 2 N–H and O–H groups in total. The third-order valence-corrected chi connectivity index (χ3v) is 2.45. The second-order valence-electron chi connectivity index (χ2n) is 4.23. The van der Waals surface area contributed by atoms with Gasteiger partial charge in [0, 0.05) is 12.6 Å². The zero-order valence-electron chi connectivity index (χ0n) is 9.64. The van der Waals surface area contributed by atoms with Gasteiger partial charge in [0.1, 0.15) is 6.61 Å². The van der Waals surface area contributed by atoms with Gasteiger partial charge in [-0.05, 0) is 19.9 Å². The molecule has 0 aromatic heterocycles. The number of ether oxygens (including phenoxy) is 1. The number of carbonyl (C=O) groups is 1. The number of alkyl halides is 3. The molecule has 1 rings (SSSR count). The van der Waals surface area contributed by atoms with Crippen molar-refractivity contribution in [3.8, 4) is 0 Å². The van der Waals surface area contributed by atoms with Crippen LogP contribution in [0.25, 0.3) is 0 Å². The summed E-state index contributed by atoms with van der Waals surface area (Å²) in [6.07, 6.45) is -3.55. The maximum Gasteiger partial charge on any atom is 0.411 e. The van der Waals surface area contributed by atoms with Gasteiger partial charge in [-0.2, -0.15) is 13.2 Å². The lowest BCUT2D eigenvalue weighted by Crippen LogP contribution is -2.40. The molecule has 0 spiro atoms. The van der Waals surface area contributed by atoms with Crippen molar-refractivity contribution in [3.63, 3.8) is 0 Å². The first kappa shape index (κ1) is 14.2. The first-order valence-corrected chi connectivity index (χ1v) is 5.54. The molecule has 1 saturated heterocycles. The molecule has 17 heavy (non-hydrogen) atoms. The zero-order valence-corrected chi connectivity index (χ0v) is 9.64. The second kappa shape index (κ2) is 6.20. The molecule has 1 aliphatic heterocycles. The number of amides is 1. The highest BCUT2D eigenvalue weighted by Crippen LogP contribution is 2.14. The maximum absolute atomic E-state index is 11.8. The van der Waals surface area contributed by atoms with Gasteiger partial charge in [0.15, 0.2) is 0 Å². The van der Waals surface area contributed by atoms with Crippen LogP contribution in [0.4, 0.5) is 13.2 Å². The molecule has 0 aromatic carbocycles. The summed E-state index contributed by atoms with van der Waals surface area (Å²) in [5, 5.41) is 5.69. The number of hydrogen-bond donors (Lipinski definition) is 2. The molecular formula is C10H17F3N2O2. The normalized spacial score (nSPS) is 22.5. The van der Waals surface area contributed by atoms with Crippen molar-refractivity contribution in [1.29, 1.82) is 0 Å². The number of hydrogen-bond acceptors (Lipinski definition) is 3. The third-order valence-electron chi connectivity index (χ3n) is 2.45. The van der Waals surface area contributed by atoms with E-state index in [2.05, 4.69) is 15.4 Å². The Morgan fingerprint density at radius 3 is 2.82 bits per heavy atom. The fourth-order valence-electron chi connectivity index (χ4n) is 1.63. The van der Waals surface area contributed by atoms with Crippen molar-refractivity contribution in [2.24, 2.45) is 5.92 Å². The molecule has 1 aliphatic rings. The number of halogens is 3. The summed E-state index contributed by atoms with van der Waals surface area (Å²) in [5.41, 5.74) is 0. The summed E-state index contributed by atoms with van der Waals surface area (Å²) in [4.78, 5) is 11.6. The summed E-state index contributed by atoms with van der Waals surface area (Å²) in [7, 11) is 0. The minimum absolute atomic E-state index is 0.0833. The summed E-state index contributed by atoms with van der Waals surface area (Å²) >= 11 is 0. The molecule has 4 nitrogen and oxygen atoms in total. The van der Waals surface area contributed by atoms with Crippen LogP contribution in [0.2, 0.25) is 0 Å². The summed E-state index contributed by atoms with van der Waals surface area (Å²) in [6.45, 7) is 1.64. The smallest absolute Gasteiger partial charge is 0.370 e. The molecule has 1 heterocycles. The van der Waals surface area contributed by atoms with Crippen LogP contribution in [0.15, 0.2) is 0 Å². The van der Waals surface area contributed by atoms with Crippen molar-refractivity contribution in [1.82, 2.24) is 10.6 Å². The van der Waals surface area contributed by atoms with E-state index >= 15 is 0 Å². The van der Waals surface area contributed by atoms with Crippen molar-refractivity contribution in [2.45, 2.75) is 25.6 Å². The van der Waals surface area contributed by atoms with Crippen LogP contribution in [-0.2, 0) is 9.53 Å². The Hall–Kier alpha value is -0.820. The van der Waals surface area contributed by atoms with Gasteiger partial charge in [-0.3, -0.25) is 4.79 Å². The van der Waals surface area contributed by atoms with Crippen LogP contribution in [0.5, 0.6) is 0 Å². The first-order valence-electron chi connectivity index (χ1n) is 5.54. The highest BCUT2D eigenvalue weighted by molar-refractivity contribution is 5.79. The fraction of sp³-hybridized carbons (Fsp3) is 0.900. The summed E-state index contributed by atoms with van der Waals surface area (Å²) < 4.78 is 39.8. The van der Waals surface area contributed by atoms with Gasteiger partial charge >= 0.3 is 6.18 Å². The quantitative estimate of drug-likeness (QED) is 0.758. The third kappa shape index (κ3) is 5.88. The van der Waals surface area contributed by atoms with Gasteiger partial charge in [-0.15, -0.1) is 0 Å². The van der Waals surface area contributed by atoms with Crippen molar-refractivity contribution < 1.29 is 22.7 Å². The van der Waals surface area contributed by atoms with E-state index in [9.17, 15) is 18.0 Å². The van der Waals surface area contributed by atoms with Crippen LogP contribution >= 0.6 is 0 Å². The van der Waals surface area contributed by atoms with E-state index in [0.29, 0.717) is 6.54 Å². The van der Waals surface area contributed by atoms with Crippen molar-refractivity contribution in [3.05, 3.63) is 0 Å². The highest BCUT2D eigenvalue weighted by atomic mass is 19.4. The fourth-order valence-corrected chi connectivity index (χ4v) is 1.63. The Labute approximate surface area is 97.9 Å². The largest absolute Gasteiger partial charge is 0.411 e. The molecule has 7 heteroatoms. The Kier molecular flexibility index (Phi) is 5.20. The molecule has 0 saturated carbocycles. The van der Waals surface area contributed by atoms with Crippen LogP contribution in [-0.4, -0.2) is 44.4 Å². The molecular weight excluding hydrogens is 237 g/mol. The van der Waals surface area contributed by atoms with Crippen LogP contribution < -0.4 is 10.6 Å². The van der Waals surface area contributed by atoms with Crippen LogP contribution in [0, 0.1) is 5.92 Å². The Bertz CT molecular complexity index is 252. The van der Waals surface area contributed by atoms with Crippen LogP contribution in [0.1, 0.15) is 13.3 Å².